The Labute approximate surface area is 167 Å². The highest BCUT2D eigenvalue weighted by Gasteiger charge is 2.22. The van der Waals surface area contributed by atoms with Crippen LogP contribution in [-0.4, -0.2) is 45.3 Å². The molecule has 2 atom stereocenters. The van der Waals surface area contributed by atoms with Gasteiger partial charge in [0.1, 0.15) is 5.69 Å². The van der Waals surface area contributed by atoms with E-state index >= 15 is 0 Å². The van der Waals surface area contributed by atoms with Crippen LogP contribution in [0.4, 0.5) is 0 Å². The van der Waals surface area contributed by atoms with Crippen LogP contribution < -0.4 is 5.32 Å². The zero-order valence-electron chi connectivity index (χ0n) is 17.0. The number of rotatable bonds is 10. The summed E-state index contributed by atoms with van der Waals surface area (Å²) in [5.41, 5.74) is 1.57. The number of carbonyl (C=O) groups excluding carboxylic acids is 2. The summed E-state index contributed by atoms with van der Waals surface area (Å²) in [5.74, 6) is -0.229. The van der Waals surface area contributed by atoms with E-state index in [2.05, 4.69) is 27.4 Å². The Kier molecular flexibility index (Phi) is 8.59. The van der Waals surface area contributed by atoms with E-state index in [9.17, 15) is 9.59 Å². The summed E-state index contributed by atoms with van der Waals surface area (Å²) < 4.78 is 0. The molecule has 0 unspecified atom stereocenters. The van der Waals surface area contributed by atoms with E-state index in [1.165, 1.54) is 24.2 Å². The van der Waals surface area contributed by atoms with Crippen molar-refractivity contribution in [3.63, 3.8) is 0 Å². The van der Waals surface area contributed by atoms with Crippen molar-refractivity contribution in [2.75, 3.05) is 6.54 Å². The molecule has 2 aromatic rings. The molecule has 1 N–H and O–H groups in total. The molecule has 0 fully saturated rings. The normalized spacial score (nSPS) is 12.8. The molecule has 0 aliphatic rings. The standard InChI is InChI=1S/C22H30N4O2/c1-4-18(3)26(22(28)20-16-23-13-14-24-20)15-12-21(27)25-17(2)10-11-19-8-6-5-7-9-19/h5-9,13-14,16-18H,4,10-12,15H2,1-3H3,(H,25,27)/t17-,18+/m0/s1. The van der Waals surface area contributed by atoms with Crippen LogP contribution in [0.1, 0.15) is 56.1 Å². The first kappa shape index (κ1) is 21.5. The molecular weight excluding hydrogens is 352 g/mol. The number of nitrogens with zero attached hydrogens (tertiary/aromatic N) is 3. The lowest BCUT2D eigenvalue weighted by atomic mass is 10.1. The van der Waals surface area contributed by atoms with Crippen molar-refractivity contribution in [2.24, 2.45) is 0 Å². The Morgan fingerprint density at radius 1 is 1.14 bits per heavy atom. The molecule has 0 aliphatic heterocycles. The van der Waals surface area contributed by atoms with Crippen molar-refractivity contribution in [3.05, 3.63) is 60.2 Å². The van der Waals surface area contributed by atoms with Gasteiger partial charge in [-0.25, -0.2) is 4.98 Å². The highest BCUT2D eigenvalue weighted by atomic mass is 16.2. The molecule has 0 saturated heterocycles. The molecule has 1 aromatic carbocycles. The molecule has 0 saturated carbocycles. The molecule has 150 valence electrons. The monoisotopic (exact) mass is 382 g/mol. The van der Waals surface area contributed by atoms with E-state index in [1.807, 2.05) is 39.0 Å². The maximum atomic E-state index is 12.7. The number of hydrogen-bond acceptors (Lipinski definition) is 4. The first-order valence-electron chi connectivity index (χ1n) is 9.91. The summed E-state index contributed by atoms with van der Waals surface area (Å²) in [4.78, 5) is 34.9. The number of amides is 2. The molecule has 2 rings (SSSR count). The van der Waals surface area contributed by atoms with Gasteiger partial charge in [-0.3, -0.25) is 14.6 Å². The van der Waals surface area contributed by atoms with Gasteiger partial charge in [0.05, 0.1) is 6.20 Å². The van der Waals surface area contributed by atoms with Crippen LogP contribution >= 0.6 is 0 Å². The third-order valence-corrected chi connectivity index (χ3v) is 4.86. The number of nitrogens with one attached hydrogen (secondary N) is 1. The first-order valence-corrected chi connectivity index (χ1v) is 9.91. The molecule has 6 heteroatoms. The highest BCUT2D eigenvalue weighted by Crippen LogP contribution is 2.10. The molecule has 0 bridgehead atoms. The molecular formula is C22H30N4O2. The van der Waals surface area contributed by atoms with Crippen LogP contribution in [-0.2, 0) is 11.2 Å². The van der Waals surface area contributed by atoms with Crippen LogP contribution in [0, 0.1) is 0 Å². The SMILES string of the molecule is CC[C@@H](C)N(CCC(=O)N[C@@H](C)CCc1ccccc1)C(=O)c1cnccn1. The van der Waals surface area contributed by atoms with Crippen LogP contribution in [0.25, 0.3) is 0 Å². The predicted octanol–water partition coefficient (Wildman–Crippen LogP) is 3.24. The van der Waals surface area contributed by atoms with E-state index in [4.69, 9.17) is 0 Å². The van der Waals surface area contributed by atoms with Crippen molar-refractivity contribution in [1.29, 1.82) is 0 Å². The largest absolute Gasteiger partial charge is 0.354 e. The van der Waals surface area contributed by atoms with Crippen LogP contribution in [0.3, 0.4) is 0 Å². The van der Waals surface area contributed by atoms with Gasteiger partial charge in [-0.1, -0.05) is 37.3 Å². The fraction of sp³-hybridized carbons (Fsp3) is 0.455. The van der Waals surface area contributed by atoms with E-state index in [-0.39, 0.29) is 30.3 Å². The van der Waals surface area contributed by atoms with Crippen molar-refractivity contribution in [2.45, 2.75) is 58.5 Å². The Balaban J connectivity index is 1.84. The highest BCUT2D eigenvalue weighted by molar-refractivity contribution is 5.92. The fourth-order valence-electron chi connectivity index (χ4n) is 2.97. The second kappa shape index (κ2) is 11.2. The maximum Gasteiger partial charge on any atom is 0.274 e. The molecule has 1 heterocycles. The van der Waals surface area contributed by atoms with Gasteiger partial charge in [0, 0.05) is 37.4 Å². The number of aryl methyl sites for hydroxylation is 1. The van der Waals surface area contributed by atoms with Crippen molar-refractivity contribution in [3.8, 4) is 0 Å². The van der Waals surface area contributed by atoms with Crippen LogP contribution in [0.2, 0.25) is 0 Å². The summed E-state index contributed by atoms with van der Waals surface area (Å²) in [5, 5.41) is 3.04. The molecule has 2 amide bonds. The van der Waals surface area contributed by atoms with Crippen LogP contribution in [0.5, 0.6) is 0 Å². The zero-order chi connectivity index (χ0) is 20.4. The van der Waals surface area contributed by atoms with E-state index in [0.29, 0.717) is 12.2 Å². The molecule has 1 aromatic heterocycles. The van der Waals surface area contributed by atoms with Gasteiger partial charge in [-0.15, -0.1) is 0 Å². The number of aromatic nitrogens is 2. The fourth-order valence-corrected chi connectivity index (χ4v) is 2.97. The average Bonchev–Trinajstić information content (AvgIpc) is 2.73. The lowest BCUT2D eigenvalue weighted by molar-refractivity contribution is -0.122. The van der Waals surface area contributed by atoms with E-state index < -0.39 is 0 Å². The Hall–Kier alpha value is -2.76. The van der Waals surface area contributed by atoms with Crippen molar-refractivity contribution in [1.82, 2.24) is 20.2 Å². The molecule has 0 aliphatic carbocycles. The van der Waals surface area contributed by atoms with Gasteiger partial charge in [0.15, 0.2) is 0 Å². The summed E-state index contributed by atoms with van der Waals surface area (Å²) in [6.45, 7) is 6.38. The van der Waals surface area contributed by atoms with E-state index in [0.717, 1.165) is 19.3 Å². The minimum Gasteiger partial charge on any atom is -0.354 e. The average molecular weight is 383 g/mol. The number of benzene rings is 1. The topological polar surface area (TPSA) is 75.2 Å². The summed E-state index contributed by atoms with van der Waals surface area (Å²) in [6, 6.07) is 10.3. The molecule has 0 radical (unpaired) electrons. The van der Waals surface area contributed by atoms with Crippen LogP contribution in [0.15, 0.2) is 48.9 Å². The summed E-state index contributed by atoms with van der Waals surface area (Å²) in [6.07, 6.45) is 7.38. The van der Waals surface area contributed by atoms with Gasteiger partial charge >= 0.3 is 0 Å². The van der Waals surface area contributed by atoms with Gasteiger partial charge in [-0.2, -0.15) is 0 Å². The first-order chi connectivity index (χ1) is 13.5. The second-order valence-corrected chi connectivity index (χ2v) is 7.09. The van der Waals surface area contributed by atoms with Gasteiger partial charge in [-0.05, 0) is 38.7 Å². The minimum absolute atomic E-state index is 0.0258. The Morgan fingerprint density at radius 3 is 2.54 bits per heavy atom. The molecule has 0 spiro atoms. The van der Waals surface area contributed by atoms with Gasteiger partial charge in [0.2, 0.25) is 5.91 Å². The lowest BCUT2D eigenvalue weighted by Gasteiger charge is -2.28. The predicted molar refractivity (Wildman–Crippen MR) is 110 cm³/mol. The smallest absolute Gasteiger partial charge is 0.274 e. The van der Waals surface area contributed by atoms with Gasteiger partial charge in [0.25, 0.3) is 5.91 Å². The van der Waals surface area contributed by atoms with Crippen molar-refractivity contribution >= 4 is 11.8 Å². The van der Waals surface area contributed by atoms with Crippen molar-refractivity contribution < 1.29 is 9.59 Å². The lowest BCUT2D eigenvalue weighted by Crippen LogP contribution is -2.42. The number of hydrogen-bond donors (Lipinski definition) is 1. The van der Waals surface area contributed by atoms with E-state index in [1.54, 1.807) is 4.90 Å². The maximum absolute atomic E-state index is 12.7. The number of carbonyl (C=O) groups is 2. The second-order valence-electron chi connectivity index (χ2n) is 7.09. The molecule has 28 heavy (non-hydrogen) atoms. The quantitative estimate of drug-likeness (QED) is 0.684. The Morgan fingerprint density at radius 2 is 1.89 bits per heavy atom. The minimum atomic E-state index is -0.188. The third kappa shape index (κ3) is 6.76. The Bertz CT molecular complexity index is 737. The summed E-state index contributed by atoms with van der Waals surface area (Å²) in [7, 11) is 0. The summed E-state index contributed by atoms with van der Waals surface area (Å²) >= 11 is 0. The molecule has 6 nitrogen and oxygen atoms in total. The zero-order valence-corrected chi connectivity index (χ0v) is 17.0. The third-order valence-electron chi connectivity index (χ3n) is 4.86. The van der Waals surface area contributed by atoms with Gasteiger partial charge < -0.3 is 10.2 Å².